The molecule has 0 bridgehead atoms. The molecule has 0 saturated carbocycles. The molecule has 1 aromatic rings. The van der Waals surface area contributed by atoms with Crippen molar-refractivity contribution in [2.75, 3.05) is 11.1 Å². The predicted molar refractivity (Wildman–Crippen MR) is 57.3 cm³/mol. The van der Waals surface area contributed by atoms with E-state index in [1.807, 2.05) is 0 Å². The Hall–Kier alpha value is -1.43. The zero-order valence-electron chi connectivity index (χ0n) is 8.34. The van der Waals surface area contributed by atoms with Crippen LogP contribution in [0.25, 0.3) is 0 Å². The van der Waals surface area contributed by atoms with Crippen molar-refractivity contribution in [3.8, 4) is 5.75 Å². The third-order valence-corrected chi connectivity index (χ3v) is 3.77. The number of hydrogen-bond acceptors (Lipinski definition) is 4. The van der Waals surface area contributed by atoms with Crippen LogP contribution >= 0.6 is 0 Å². The number of nitrogen functional groups attached to an aromatic ring is 1. The number of nitrogens with one attached hydrogen (secondary N) is 1. The summed E-state index contributed by atoms with van der Waals surface area (Å²) >= 11 is -5.27. The minimum absolute atomic E-state index is 0.0429. The van der Waals surface area contributed by atoms with Crippen LogP contribution in [-0.2, 0) is 8.53 Å². The van der Waals surface area contributed by atoms with Gasteiger partial charge in [0.05, 0.1) is 0 Å². The van der Waals surface area contributed by atoms with Gasteiger partial charge in [0.25, 0.3) is 0 Å². The summed E-state index contributed by atoms with van der Waals surface area (Å²) in [7, 11) is 0. The molecule has 0 aliphatic rings. The van der Waals surface area contributed by atoms with Gasteiger partial charge in [0.1, 0.15) is 0 Å². The molecule has 8 heteroatoms. The van der Waals surface area contributed by atoms with Crippen LogP contribution in [0.5, 0.6) is 5.75 Å². The summed E-state index contributed by atoms with van der Waals surface area (Å²) in [6.45, 7) is 1.20. The van der Waals surface area contributed by atoms with Gasteiger partial charge in [-0.3, -0.25) is 0 Å². The Kier molecular flexibility index (Phi) is 3.32. The molecule has 0 unspecified atom stereocenters. The first-order chi connectivity index (χ1) is 7.21. The number of anilines is 2. The van der Waals surface area contributed by atoms with E-state index in [4.69, 9.17) is 13.9 Å². The van der Waals surface area contributed by atoms with Gasteiger partial charge in [-0.15, -0.1) is 0 Å². The Morgan fingerprint density at radius 3 is 2.44 bits per heavy atom. The number of phenols is 1. The molecule has 6 N–H and O–H groups in total. The van der Waals surface area contributed by atoms with Crippen molar-refractivity contribution in [3.63, 3.8) is 0 Å². The van der Waals surface area contributed by atoms with E-state index in [0.717, 1.165) is 6.07 Å². The van der Waals surface area contributed by atoms with Gasteiger partial charge in [-0.2, -0.15) is 0 Å². The van der Waals surface area contributed by atoms with Crippen molar-refractivity contribution < 1.29 is 21.8 Å². The van der Waals surface area contributed by atoms with E-state index in [1.165, 1.54) is 13.0 Å². The molecular formula is C8H11AsN2O5. The van der Waals surface area contributed by atoms with Crippen LogP contribution in [0.1, 0.15) is 6.92 Å². The van der Waals surface area contributed by atoms with Crippen molar-refractivity contribution in [1.29, 1.82) is 0 Å². The second-order valence-corrected chi connectivity index (χ2v) is 6.46. The zero-order chi connectivity index (χ0) is 12.5. The molecule has 88 valence electrons. The molecular weight excluding hydrogens is 279 g/mol. The van der Waals surface area contributed by atoms with Crippen molar-refractivity contribution in [2.45, 2.75) is 6.92 Å². The average molecular weight is 290 g/mol. The van der Waals surface area contributed by atoms with Crippen molar-refractivity contribution in [2.24, 2.45) is 0 Å². The molecule has 0 spiro atoms. The van der Waals surface area contributed by atoms with E-state index in [0.29, 0.717) is 0 Å². The van der Waals surface area contributed by atoms with Crippen LogP contribution in [0, 0.1) is 0 Å². The Bertz CT molecular complexity index is 482. The fourth-order valence-electron chi connectivity index (χ4n) is 1.15. The van der Waals surface area contributed by atoms with Crippen LogP contribution in [0.2, 0.25) is 0 Å². The third kappa shape index (κ3) is 2.79. The first-order valence-corrected chi connectivity index (χ1v) is 7.56. The molecule has 0 fully saturated rings. The van der Waals surface area contributed by atoms with Crippen molar-refractivity contribution in [1.82, 2.24) is 0 Å². The van der Waals surface area contributed by atoms with Crippen molar-refractivity contribution in [3.05, 3.63) is 12.1 Å². The van der Waals surface area contributed by atoms with Gasteiger partial charge >= 0.3 is 93.5 Å². The average Bonchev–Trinajstić information content (AvgIpc) is 2.07. The summed E-state index contributed by atoms with van der Waals surface area (Å²) in [4.78, 5) is 10.8. The maximum atomic E-state index is 11.1. The van der Waals surface area contributed by atoms with Gasteiger partial charge in [0.2, 0.25) is 0 Å². The van der Waals surface area contributed by atoms with Gasteiger partial charge in [0, 0.05) is 0 Å². The Morgan fingerprint density at radius 2 is 2.00 bits per heavy atom. The molecule has 16 heavy (non-hydrogen) atoms. The molecule has 0 radical (unpaired) electrons. The summed E-state index contributed by atoms with van der Waals surface area (Å²) < 4.78 is 28.5. The molecule has 1 aromatic carbocycles. The van der Waals surface area contributed by atoms with Crippen LogP contribution in [0.4, 0.5) is 11.4 Å². The van der Waals surface area contributed by atoms with Crippen LogP contribution in [0.15, 0.2) is 12.1 Å². The summed E-state index contributed by atoms with van der Waals surface area (Å²) in [5, 5.41) is 11.8. The molecule has 0 atom stereocenters. The topological polar surface area (TPSA) is 133 Å². The number of carbonyl (C=O) groups excluding carboxylic acids is 1. The number of benzene rings is 1. The van der Waals surface area contributed by atoms with Gasteiger partial charge in [-0.25, -0.2) is 0 Å². The number of aromatic hydroxyl groups is 1. The van der Waals surface area contributed by atoms with Crippen LogP contribution < -0.4 is 15.4 Å². The SMILES string of the molecule is CC(=O)Nc1cc(N)cc([As](=O)(O)O)c1O. The number of phenolic OH excluding ortho intramolecular Hbond substituents is 1. The summed E-state index contributed by atoms with van der Waals surface area (Å²) in [5.41, 5.74) is 5.33. The molecule has 1 rings (SSSR count). The van der Waals surface area contributed by atoms with E-state index in [9.17, 15) is 13.6 Å². The van der Waals surface area contributed by atoms with E-state index >= 15 is 0 Å². The molecule has 0 saturated heterocycles. The predicted octanol–water partition coefficient (Wildman–Crippen LogP) is -1.51. The quantitative estimate of drug-likeness (QED) is 0.195. The monoisotopic (exact) mass is 290 g/mol. The summed E-state index contributed by atoms with van der Waals surface area (Å²) in [6.07, 6.45) is 0. The second-order valence-electron chi connectivity index (χ2n) is 3.16. The number of carbonyl (C=O) groups is 1. The molecule has 0 heterocycles. The van der Waals surface area contributed by atoms with E-state index in [1.54, 1.807) is 0 Å². The van der Waals surface area contributed by atoms with Gasteiger partial charge in [-0.1, -0.05) is 0 Å². The summed E-state index contributed by atoms with van der Waals surface area (Å²) in [5.74, 6) is -1.14. The van der Waals surface area contributed by atoms with Crippen LogP contribution in [-0.4, -0.2) is 33.4 Å². The van der Waals surface area contributed by atoms with Crippen LogP contribution in [0.3, 0.4) is 0 Å². The van der Waals surface area contributed by atoms with Gasteiger partial charge in [0.15, 0.2) is 0 Å². The number of nitrogens with two attached hydrogens (primary N) is 1. The first kappa shape index (κ1) is 12.6. The molecule has 7 nitrogen and oxygen atoms in total. The number of hydrogen-bond donors (Lipinski definition) is 5. The standard InChI is InChI=1S/C8H11AsN2O5/c1-4(12)11-7-3-5(10)2-6(8(7)13)9(14,15)16/h2-3,13H,10H2,1H3,(H,11,12)(H2,14,15,16). The van der Waals surface area contributed by atoms with Gasteiger partial charge in [-0.05, 0) is 0 Å². The fraction of sp³-hybridized carbons (Fsp3) is 0.125. The molecule has 1 amide bonds. The van der Waals surface area contributed by atoms with E-state index in [-0.39, 0.29) is 11.4 Å². The van der Waals surface area contributed by atoms with Crippen molar-refractivity contribution >= 4 is 35.8 Å². The number of rotatable bonds is 2. The normalized spacial score (nSPS) is 11.2. The Balaban J connectivity index is 3.38. The Labute approximate surface area is 93.9 Å². The zero-order valence-corrected chi connectivity index (χ0v) is 10.2. The third-order valence-electron chi connectivity index (χ3n) is 1.74. The molecule has 0 aliphatic carbocycles. The van der Waals surface area contributed by atoms with E-state index < -0.39 is 30.2 Å². The molecule has 0 aliphatic heterocycles. The second kappa shape index (κ2) is 4.21. The van der Waals surface area contributed by atoms with Gasteiger partial charge < -0.3 is 0 Å². The maximum absolute atomic E-state index is 11.1. The van der Waals surface area contributed by atoms with E-state index in [2.05, 4.69) is 5.32 Å². The fourth-order valence-corrected chi connectivity index (χ4v) is 2.65. The molecule has 0 aromatic heterocycles. The minimum atomic E-state index is -5.27. The Morgan fingerprint density at radius 1 is 1.44 bits per heavy atom. The summed E-state index contributed by atoms with van der Waals surface area (Å²) in [6, 6.07) is 2.20. The number of amides is 1. The first-order valence-electron chi connectivity index (χ1n) is 4.18.